The van der Waals surface area contributed by atoms with E-state index in [0.29, 0.717) is 13.1 Å². The molecule has 0 aromatic heterocycles. The summed E-state index contributed by atoms with van der Waals surface area (Å²) >= 11 is 0. The quantitative estimate of drug-likeness (QED) is 0.861. The maximum atomic E-state index is 13.0. The highest BCUT2D eigenvalue weighted by molar-refractivity contribution is 5.79. The average molecular weight is 327 g/mol. The molecule has 2 aromatic carbocycles. The van der Waals surface area contributed by atoms with Crippen molar-refractivity contribution >= 4 is 5.91 Å². The van der Waals surface area contributed by atoms with Crippen LogP contribution in [0.2, 0.25) is 0 Å². The Morgan fingerprint density at radius 3 is 2.46 bits per heavy atom. The Morgan fingerprint density at radius 1 is 1.12 bits per heavy atom. The van der Waals surface area contributed by atoms with Crippen molar-refractivity contribution in [2.24, 2.45) is 0 Å². The van der Waals surface area contributed by atoms with Crippen LogP contribution < -0.4 is 0 Å². The number of rotatable bonds is 3. The Bertz CT molecular complexity index is 697. The van der Waals surface area contributed by atoms with Gasteiger partial charge in [0.1, 0.15) is 11.9 Å². The minimum atomic E-state index is -0.286. The molecule has 1 amide bonds. The summed E-state index contributed by atoms with van der Waals surface area (Å²) in [5.41, 5.74) is 3.12. The summed E-state index contributed by atoms with van der Waals surface area (Å²) in [6.45, 7) is 5.17. The highest BCUT2D eigenvalue weighted by Crippen LogP contribution is 2.26. The number of halogens is 1. The summed E-state index contributed by atoms with van der Waals surface area (Å²) in [6.07, 6.45) is 0.168. The van der Waals surface area contributed by atoms with E-state index in [4.69, 9.17) is 4.74 Å². The molecule has 0 saturated carbocycles. The van der Waals surface area contributed by atoms with Crippen molar-refractivity contribution in [1.82, 2.24) is 4.90 Å². The fraction of sp³-hybridized carbons (Fsp3) is 0.350. The van der Waals surface area contributed by atoms with Crippen molar-refractivity contribution < 1.29 is 13.9 Å². The Labute approximate surface area is 142 Å². The lowest BCUT2D eigenvalue weighted by molar-refractivity contribution is -0.144. The summed E-state index contributed by atoms with van der Waals surface area (Å²) in [7, 11) is 0. The molecule has 126 valence electrons. The first-order chi connectivity index (χ1) is 11.5. The summed E-state index contributed by atoms with van der Waals surface area (Å²) in [6, 6.07) is 14.3. The standard InChI is InChI=1S/C20H22FNO2/c1-14-3-7-17(8-4-14)19-13-22(12-15(2)24-19)20(23)11-16-5-9-18(21)10-6-16/h3-10,15,19H,11-13H2,1-2H3. The van der Waals surface area contributed by atoms with Crippen LogP contribution in [0.1, 0.15) is 29.7 Å². The summed E-state index contributed by atoms with van der Waals surface area (Å²) in [5, 5.41) is 0. The Kier molecular flexibility index (Phi) is 4.95. The van der Waals surface area contributed by atoms with Gasteiger partial charge < -0.3 is 9.64 Å². The van der Waals surface area contributed by atoms with Gasteiger partial charge in [-0.1, -0.05) is 42.0 Å². The van der Waals surface area contributed by atoms with Crippen LogP contribution in [0.5, 0.6) is 0 Å². The van der Waals surface area contributed by atoms with Gasteiger partial charge in [0.2, 0.25) is 5.91 Å². The fourth-order valence-corrected chi connectivity index (χ4v) is 3.01. The summed E-state index contributed by atoms with van der Waals surface area (Å²) in [4.78, 5) is 14.5. The molecule has 1 fully saturated rings. The number of aryl methyl sites for hydroxylation is 1. The van der Waals surface area contributed by atoms with E-state index >= 15 is 0 Å². The lowest BCUT2D eigenvalue weighted by Crippen LogP contribution is -2.46. The summed E-state index contributed by atoms with van der Waals surface area (Å²) in [5.74, 6) is -0.237. The molecule has 0 aliphatic carbocycles. The first-order valence-electron chi connectivity index (χ1n) is 8.25. The summed E-state index contributed by atoms with van der Waals surface area (Å²) < 4.78 is 19.0. The molecule has 2 atom stereocenters. The van der Waals surface area contributed by atoms with Crippen molar-refractivity contribution in [1.29, 1.82) is 0 Å². The molecule has 1 aliphatic heterocycles. The number of benzene rings is 2. The van der Waals surface area contributed by atoms with Crippen molar-refractivity contribution in [2.45, 2.75) is 32.5 Å². The molecule has 24 heavy (non-hydrogen) atoms. The minimum absolute atomic E-state index is 0.0118. The molecule has 3 rings (SSSR count). The zero-order chi connectivity index (χ0) is 17.1. The van der Waals surface area contributed by atoms with Crippen LogP contribution in [0.4, 0.5) is 4.39 Å². The predicted molar refractivity (Wildman–Crippen MR) is 91.2 cm³/mol. The van der Waals surface area contributed by atoms with Crippen LogP contribution in [0.25, 0.3) is 0 Å². The van der Waals surface area contributed by atoms with Crippen LogP contribution in [0.3, 0.4) is 0 Å². The Morgan fingerprint density at radius 2 is 1.79 bits per heavy atom. The number of morpholine rings is 1. The van der Waals surface area contributed by atoms with Crippen LogP contribution in [-0.2, 0) is 16.0 Å². The van der Waals surface area contributed by atoms with Crippen LogP contribution in [0, 0.1) is 12.7 Å². The molecule has 2 aromatic rings. The SMILES string of the molecule is Cc1ccc(C2CN(C(=O)Cc3ccc(F)cc3)CC(C)O2)cc1. The van der Waals surface area contributed by atoms with E-state index in [1.165, 1.54) is 17.7 Å². The number of carbonyl (C=O) groups is 1. The molecule has 0 N–H and O–H groups in total. The predicted octanol–water partition coefficient (Wildman–Crippen LogP) is 3.67. The Hall–Kier alpha value is -2.20. The number of nitrogens with zero attached hydrogens (tertiary/aromatic N) is 1. The number of hydrogen-bond donors (Lipinski definition) is 0. The molecule has 0 radical (unpaired) electrons. The van der Waals surface area contributed by atoms with E-state index in [1.807, 2.05) is 18.7 Å². The first-order valence-corrected chi connectivity index (χ1v) is 8.25. The maximum Gasteiger partial charge on any atom is 0.227 e. The third kappa shape index (κ3) is 4.01. The third-order valence-electron chi connectivity index (χ3n) is 4.33. The minimum Gasteiger partial charge on any atom is -0.367 e. The maximum absolute atomic E-state index is 13.0. The second kappa shape index (κ2) is 7.14. The molecule has 3 nitrogen and oxygen atoms in total. The van der Waals surface area contributed by atoms with Crippen LogP contribution in [0.15, 0.2) is 48.5 Å². The molecule has 0 bridgehead atoms. The molecular weight excluding hydrogens is 305 g/mol. The van der Waals surface area contributed by atoms with Crippen LogP contribution >= 0.6 is 0 Å². The van der Waals surface area contributed by atoms with E-state index in [2.05, 4.69) is 24.3 Å². The van der Waals surface area contributed by atoms with E-state index in [0.717, 1.165) is 11.1 Å². The van der Waals surface area contributed by atoms with Crippen molar-refractivity contribution in [3.63, 3.8) is 0 Å². The molecule has 0 spiro atoms. The third-order valence-corrected chi connectivity index (χ3v) is 4.33. The molecule has 1 aliphatic rings. The Balaban J connectivity index is 1.69. The normalized spacial score (nSPS) is 20.9. The molecule has 1 saturated heterocycles. The monoisotopic (exact) mass is 327 g/mol. The van der Waals surface area contributed by atoms with Crippen molar-refractivity contribution in [3.05, 3.63) is 71.0 Å². The van der Waals surface area contributed by atoms with Gasteiger partial charge in [0.05, 0.1) is 19.1 Å². The fourth-order valence-electron chi connectivity index (χ4n) is 3.01. The number of hydrogen-bond acceptors (Lipinski definition) is 2. The van der Waals surface area contributed by atoms with Crippen LogP contribution in [-0.4, -0.2) is 30.0 Å². The highest BCUT2D eigenvalue weighted by atomic mass is 19.1. The topological polar surface area (TPSA) is 29.5 Å². The smallest absolute Gasteiger partial charge is 0.227 e. The average Bonchev–Trinajstić information content (AvgIpc) is 2.57. The van der Waals surface area contributed by atoms with Gasteiger partial charge in [-0.15, -0.1) is 0 Å². The first kappa shape index (κ1) is 16.7. The van der Waals surface area contributed by atoms with Gasteiger partial charge in [-0.05, 0) is 37.1 Å². The zero-order valence-electron chi connectivity index (χ0n) is 14.0. The molecule has 2 unspecified atom stereocenters. The van der Waals surface area contributed by atoms with E-state index in [9.17, 15) is 9.18 Å². The zero-order valence-corrected chi connectivity index (χ0v) is 14.0. The second-order valence-electron chi connectivity index (χ2n) is 6.45. The van der Waals surface area contributed by atoms with Gasteiger partial charge in [-0.25, -0.2) is 4.39 Å². The van der Waals surface area contributed by atoms with Gasteiger partial charge in [-0.2, -0.15) is 0 Å². The van der Waals surface area contributed by atoms with Gasteiger partial charge in [0, 0.05) is 6.54 Å². The lowest BCUT2D eigenvalue weighted by atomic mass is 10.0. The van der Waals surface area contributed by atoms with Crippen molar-refractivity contribution in [2.75, 3.05) is 13.1 Å². The second-order valence-corrected chi connectivity index (χ2v) is 6.45. The lowest BCUT2D eigenvalue weighted by Gasteiger charge is -2.37. The molecular formula is C20H22FNO2. The van der Waals surface area contributed by atoms with Gasteiger partial charge in [0.15, 0.2) is 0 Å². The number of carbonyl (C=O) groups excluding carboxylic acids is 1. The van der Waals surface area contributed by atoms with Gasteiger partial charge >= 0.3 is 0 Å². The van der Waals surface area contributed by atoms with E-state index in [1.54, 1.807) is 12.1 Å². The van der Waals surface area contributed by atoms with Gasteiger partial charge in [0.25, 0.3) is 0 Å². The number of amides is 1. The van der Waals surface area contributed by atoms with Crippen molar-refractivity contribution in [3.8, 4) is 0 Å². The highest BCUT2D eigenvalue weighted by Gasteiger charge is 2.29. The largest absolute Gasteiger partial charge is 0.367 e. The molecule has 1 heterocycles. The number of ether oxygens (including phenoxy) is 1. The molecule has 4 heteroatoms. The van der Waals surface area contributed by atoms with E-state index < -0.39 is 0 Å². The van der Waals surface area contributed by atoms with Gasteiger partial charge in [-0.3, -0.25) is 4.79 Å². The van der Waals surface area contributed by atoms with E-state index in [-0.39, 0.29) is 30.4 Å².